The van der Waals surface area contributed by atoms with Gasteiger partial charge in [-0.25, -0.2) is 9.37 Å². The molecule has 1 aliphatic carbocycles. The number of nitrogens with zero attached hydrogens (tertiary/aromatic N) is 3. The summed E-state index contributed by atoms with van der Waals surface area (Å²) in [5.41, 5.74) is 0.824. The maximum atomic E-state index is 14.4. The van der Waals surface area contributed by atoms with E-state index >= 15 is 0 Å². The van der Waals surface area contributed by atoms with Crippen LogP contribution in [-0.2, 0) is 16.1 Å². The van der Waals surface area contributed by atoms with Gasteiger partial charge in [0.1, 0.15) is 12.6 Å². The first-order valence-corrected chi connectivity index (χ1v) is 9.93. The molecule has 1 N–H and O–H groups in total. The molecule has 1 aromatic heterocycles. The second-order valence-corrected chi connectivity index (χ2v) is 8.23. The van der Waals surface area contributed by atoms with Crippen LogP contribution in [0.25, 0.3) is 0 Å². The summed E-state index contributed by atoms with van der Waals surface area (Å²) in [7, 11) is 0. The molecule has 0 bridgehead atoms. The van der Waals surface area contributed by atoms with Gasteiger partial charge in [0.05, 0.1) is 11.1 Å². The second kappa shape index (κ2) is 7.89. The highest BCUT2D eigenvalue weighted by atomic mass is 35.5. The fraction of sp³-hybridized carbons (Fsp3) is 0.350. The summed E-state index contributed by atoms with van der Waals surface area (Å²) in [4.78, 5) is 32.8. The van der Waals surface area contributed by atoms with Crippen molar-refractivity contribution >= 4 is 40.8 Å². The van der Waals surface area contributed by atoms with Crippen molar-refractivity contribution in [1.29, 1.82) is 0 Å². The molecule has 152 valence electrons. The number of pyridine rings is 1. The largest absolute Gasteiger partial charge is 0.393 e. The molecule has 1 unspecified atom stereocenters. The molecule has 2 heterocycles. The summed E-state index contributed by atoms with van der Waals surface area (Å²) < 4.78 is 14.4. The zero-order valence-electron chi connectivity index (χ0n) is 15.3. The van der Waals surface area contributed by atoms with Crippen LogP contribution in [-0.4, -0.2) is 45.5 Å². The normalized spacial score (nSPS) is 24.6. The number of aliphatic hydroxyl groups is 1. The minimum absolute atomic E-state index is 0.102. The Balaban J connectivity index is 1.65. The summed E-state index contributed by atoms with van der Waals surface area (Å²) in [6.07, 6.45) is 1.55. The Morgan fingerprint density at radius 1 is 1.14 bits per heavy atom. The lowest BCUT2D eigenvalue weighted by molar-refractivity contribution is -0.149. The predicted molar refractivity (Wildman–Crippen MR) is 106 cm³/mol. The first-order chi connectivity index (χ1) is 13.8. The van der Waals surface area contributed by atoms with Crippen LogP contribution in [0.2, 0.25) is 10.0 Å². The fourth-order valence-electron chi connectivity index (χ4n) is 3.85. The Bertz CT molecular complexity index is 950. The van der Waals surface area contributed by atoms with Crippen molar-refractivity contribution in [3.63, 3.8) is 0 Å². The molecule has 2 aliphatic rings. The van der Waals surface area contributed by atoms with Crippen LogP contribution in [0, 0.1) is 11.7 Å². The molecule has 2 amide bonds. The lowest BCUT2D eigenvalue weighted by Crippen LogP contribution is -2.64. The first kappa shape index (κ1) is 20.1. The quantitative estimate of drug-likeness (QED) is 0.797. The molecular weight excluding hydrogens is 420 g/mol. The zero-order valence-corrected chi connectivity index (χ0v) is 16.8. The molecule has 4 rings (SSSR count). The Kier molecular flexibility index (Phi) is 5.46. The molecule has 1 aromatic carbocycles. The number of aromatic nitrogens is 1. The highest BCUT2D eigenvalue weighted by Crippen LogP contribution is 2.37. The molecule has 1 aliphatic heterocycles. The minimum atomic E-state index is -0.799. The Morgan fingerprint density at radius 3 is 2.45 bits per heavy atom. The number of amides is 2. The van der Waals surface area contributed by atoms with E-state index in [1.54, 1.807) is 24.3 Å². The van der Waals surface area contributed by atoms with Gasteiger partial charge in [-0.2, -0.15) is 0 Å². The number of aliphatic hydroxyl groups excluding tert-OH is 1. The molecule has 29 heavy (non-hydrogen) atoms. The first-order valence-electron chi connectivity index (χ1n) is 9.18. The van der Waals surface area contributed by atoms with Crippen molar-refractivity contribution in [3.8, 4) is 0 Å². The Labute approximate surface area is 176 Å². The van der Waals surface area contributed by atoms with Gasteiger partial charge in [0.2, 0.25) is 5.91 Å². The van der Waals surface area contributed by atoms with E-state index in [9.17, 15) is 19.1 Å². The molecule has 2 fully saturated rings. The number of halogens is 3. The van der Waals surface area contributed by atoms with Gasteiger partial charge in [-0.15, -0.1) is 0 Å². The van der Waals surface area contributed by atoms with Gasteiger partial charge >= 0.3 is 0 Å². The van der Waals surface area contributed by atoms with Crippen LogP contribution in [0.3, 0.4) is 0 Å². The molecule has 6 nitrogen and oxygen atoms in total. The van der Waals surface area contributed by atoms with E-state index in [4.69, 9.17) is 23.2 Å². The molecule has 0 spiro atoms. The fourth-order valence-corrected chi connectivity index (χ4v) is 4.12. The van der Waals surface area contributed by atoms with Crippen LogP contribution in [0.1, 0.15) is 18.4 Å². The summed E-state index contributed by atoms with van der Waals surface area (Å²) in [6.45, 7) is -0.0902. The van der Waals surface area contributed by atoms with E-state index in [-0.39, 0.29) is 35.8 Å². The van der Waals surface area contributed by atoms with Crippen LogP contribution < -0.4 is 4.90 Å². The average molecular weight is 438 g/mol. The number of hydrogen-bond donors (Lipinski definition) is 1. The molecule has 1 atom stereocenters. The van der Waals surface area contributed by atoms with Gasteiger partial charge < -0.3 is 10.0 Å². The minimum Gasteiger partial charge on any atom is -0.393 e. The van der Waals surface area contributed by atoms with Gasteiger partial charge in [0.25, 0.3) is 5.91 Å². The van der Waals surface area contributed by atoms with Crippen LogP contribution in [0.5, 0.6) is 0 Å². The van der Waals surface area contributed by atoms with Gasteiger partial charge in [-0.3, -0.25) is 14.5 Å². The van der Waals surface area contributed by atoms with Crippen molar-refractivity contribution in [1.82, 2.24) is 9.88 Å². The van der Waals surface area contributed by atoms with E-state index in [0.717, 1.165) is 16.5 Å². The molecule has 9 heteroatoms. The third-order valence-corrected chi connectivity index (χ3v) is 5.83. The SMILES string of the molecule is O=C1C([C@H]2C[C@@H](O)C2)N(Cc2ccc(Cl)cc2)C(=O)CN1c1ncc(Cl)cc1F. The number of carbonyl (C=O) groups is 2. The van der Waals surface area contributed by atoms with Crippen LogP contribution in [0.15, 0.2) is 36.5 Å². The van der Waals surface area contributed by atoms with Crippen LogP contribution >= 0.6 is 23.2 Å². The van der Waals surface area contributed by atoms with E-state index in [1.165, 1.54) is 11.1 Å². The van der Waals surface area contributed by atoms with E-state index < -0.39 is 23.9 Å². The van der Waals surface area contributed by atoms with Crippen LogP contribution in [0.4, 0.5) is 10.2 Å². The summed E-state index contributed by atoms with van der Waals surface area (Å²) >= 11 is 11.7. The highest BCUT2D eigenvalue weighted by Gasteiger charge is 2.48. The van der Waals surface area contributed by atoms with Crippen molar-refractivity contribution < 1.29 is 19.1 Å². The van der Waals surface area contributed by atoms with Gasteiger partial charge in [-0.05, 0) is 42.5 Å². The molecule has 1 saturated heterocycles. The zero-order chi connectivity index (χ0) is 20.7. The number of benzene rings is 1. The predicted octanol–water partition coefficient (Wildman–Crippen LogP) is 3.04. The standard InChI is InChI=1S/C20H18Cl2FN3O3/c21-13-3-1-11(2-4-13)9-25-17(28)10-26(19-16(23)7-14(22)8-24-19)20(29)18(25)12-5-15(27)6-12/h1-4,7-8,12,15,18,27H,5-6,9-10H2/t12-,15+,18?. The number of anilines is 1. The summed E-state index contributed by atoms with van der Waals surface area (Å²) in [5, 5.41) is 10.4. The topological polar surface area (TPSA) is 73.7 Å². The third-order valence-electron chi connectivity index (χ3n) is 5.37. The lowest BCUT2D eigenvalue weighted by Gasteiger charge is -2.47. The second-order valence-electron chi connectivity index (χ2n) is 7.36. The van der Waals surface area contributed by atoms with Gasteiger partial charge in [0.15, 0.2) is 11.6 Å². The third kappa shape index (κ3) is 3.95. The van der Waals surface area contributed by atoms with Crippen molar-refractivity contribution in [2.75, 3.05) is 11.4 Å². The van der Waals surface area contributed by atoms with Gasteiger partial charge in [0, 0.05) is 17.8 Å². The number of piperazine rings is 1. The van der Waals surface area contributed by atoms with E-state index in [0.29, 0.717) is 17.9 Å². The number of rotatable bonds is 4. The monoisotopic (exact) mass is 437 g/mol. The highest BCUT2D eigenvalue weighted by molar-refractivity contribution is 6.30. The van der Waals surface area contributed by atoms with Crippen molar-refractivity contribution in [3.05, 3.63) is 58.0 Å². The number of carbonyl (C=O) groups excluding carboxylic acids is 2. The van der Waals surface area contributed by atoms with E-state index in [2.05, 4.69) is 4.98 Å². The van der Waals surface area contributed by atoms with Crippen molar-refractivity contribution in [2.24, 2.45) is 5.92 Å². The van der Waals surface area contributed by atoms with Gasteiger partial charge in [-0.1, -0.05) is 35.3 Å². The Morgan fingerprint density at radius 2 is 1.83 bits per heavy atom. The Hall–Kier alpha value is -2.22. The average Bonchev–Trinajstić information content (AvgIpc) is 2.65. The molecular formula is C20H18Cl2FN3O3. The smallest absolute Gasteiger partial charge is 0.251 e. The maximum Gasteiger partial charge on any atom is 0.251 e. The summed E-state index contributed by atoms with van der Waals surface area (Å²) in [5.74, 6) is -1.92. The number of hydrogen-bond acceptors (Lipinski definition) is 4. The lowest BCUT2D eigenvalue weighted by atomic mass is 9.75. The van der Waals surface area contributed by atoms with E-state index in [1.807, 2.05) is 0 Å². The molecule has 1 saturated carbocycles. The van der Waals surface area contributed by atoms with Crippen molar-refractivity contribution in [2.45, 2.75) is 31.5 Å². The maximum absolute atomic E-state index is 14.4. The molecule has 2 aromatic rings. The summed E-state index contributed by atoms with van der Waals surface area (Å²) in [6, 6.07) is 7.28. The molecule has 0 radical (unpaired) electrons.